The Morgan fingerprint density at radius 1 is 1.38 bits per heavy atom. The van der Waals surface area contributed by atoms with Crippen LogP contribution in [0.4, 0.5) is 0 Å². The minimum Gasteiger partial charge on any atom is -0.549 e. The summed E-state index contributed by atoms with van der Waals surface area (Å²) in [6, 6.07) is 16.1. The van der Waals surface area contributed by atoms with Gasteiger partial charge in [0.1, 0.15) is 11.8 Å². The van der Waals surface area contributed by atoms with Crippen LogP contribution in [0, 0.1) is 5.41 Å². The fourth-order valence-electron chi connectivity index (χ4n) is 2.88. The van der Waals surface area contributed by atoms with Crippen LogP contribution in [-0.2, 0) is 4.79 Å². The first kappa shape index (κ1) is 20.4. The molecular formula is C20H24BrNO4. The lowest BCUT2D eigenvalue weighted by atomic mass is 10.00. The topological polar surface area (TPSA) is 97.2 Å². The molecule has 0 aliphatic heterocycles. The van der Waals surface area contributed by atoms with E-state index < -0.39 is 18.0 Å². The van der Waals surface area contributed by atoms with Crippen molar-refractivity contribution in [2.24, 2.45) is 5.41 Å². The summed E-state index contributed by atoms with van der Waals surface area (Å²) in [5.41, 5.74) is 4.92. The summed E-state index contributed by atoms with van der Waals surface area (Å²) in [5.74, 6) is -0.748. The van der Waals surface area contributed by atoms with E-state index in [1.807, 2.05) is 24.3 Å². The third-order valence-electron chi connectivity index (χ3n) is 4.71. The molecule has 6 heteroatoms. The Balaban J connectivity index is 0.000000228. The molecule has 0 aromatic heterocycles. The van der Waals surface area contributed by atoms with Crippen molar-refractivity contribution in [3.8, 4) is 5.75 Å². The second-order valence-electron chi connectivity index (χ2n) is 6.56. The minimum atomic E-state index is -1.19. The predicted octanol–water partition coefficient (Wildman–Crippen LogP) is 1.66. The number of benzene rings is 2. The Morgan fingerprint density at radius 2 is 2.04 bits per heavy atom. The molecule has 0 spiro atoms. The molecule has 1 fully saturated rings. The number of rotatable bonds is 5. The zero-order chi connectivity index (χ0) is 19.3. The highest BCUT2D eigenvalue weighted by Crippen LogP contribution is 2.60. The molecule has 3 atom stereocenters. The van der Waals surface area contributed by atoms with Gasteiger partial charge < -0.3 is 25.5 Å². The largest absolute Gasteiger partial charge is 0.549 e. The summed E-state index contributed by atoms with van der Waals surface area (Å²) >= 11 is 3.38. The molecule has 0 radical (unpaired) electrons. The highest BCUT2D eigenvalue weighted by atomic mass is 79.9. The summed E-state index contributed by atoms with van der Waals surface area (Å²) in [4.78, 5) is 11.0. The van der Waals surface area contributed by atoms with E-state index in [1.54, 1.807) is 19.2 Å². The van der Waals surface area contributed by atoms with E-state index in [-0.39, 0.29) is 5.92 Å². The highest BCUT2D eigenvalue weighted by molar-refractivity contribution is 9.10. The monoisotopic (exact) mass is 421 g/mol. The minimum absolute atomic E-state index is 0.220. The van der Waals surface area contributed by atoms with E-state index in [1.165, 1.54) is 5.56 Å². The van der Waals surface area contributed by atoms with Gasteiger partial charge in [0.2, 0.25) is 0 Å². The summed E-state index contributed by atoms with van der Waals surface area (Å²) in [6.07, 6.45) is 0.400. The number of carbonyl (C=O) groups is 1. The zero-order valence-electron chi connectivity index (χ0n) is 14.9. The molecule has 0 unspecified atom stereocenters. The molecule has 140 valence electrons. The van der Waals surface area contributed by atoms with Gasteiger partial charge in [0.15, 0.2) is 0 Å². The fourth-order valence-corrected chi connectivity index (χ4v) is 3.40. The number of carbonyl (C=O) groups excluding carboxylic acids is 1. The summed E-state index contributed by atoms with van der Waals surface area (Å²) in [6.45, 7) is 1.69. The number of hydrogen-bond acceptors (Lipinski definition) is 4. The molecule has 5 nitrogen and oxygen atoms in total. The van der Waals surface area contributed by atoms with Crippen LogP contribution in [0.3, 0.4) is 0 Å². The molecule has 2 aromatic carbocycles. The number of aliphatic hydroxyl groups excluding tert-OH is 1. The third kappa shape index (κ3) is 4.44. The van der Waals surface area contributed by atoms with Crippen LogP contribution in [0.15, 0.2) is 53.0 Å². The van der Waals surface area contributed by atoms with Crippen LogP contribution in [-0.4, -0.2) is 24.8 Å². The van der Waals surface area contributed by atoms with Gasteiger partial charge in [-0.3, -0.25) is 0 Å². The van der Waals surface area contributed by atoms with Crippen LogP contribution < -0.4 is 15.6 Å². The number of halogens is 1. The van der Waals surface area contributed by atoms with E-state index in [0.717, 1.165) is 10.0 Å². The number of hydrogen-bond donors (Lipinski definition) is 2. The molecule has 3 rings (SSSR count). The molecule has 1 aliphatic carbocycles. The molecule has 1 aliphatic rings. The average Bonchev–Trinajstić information content (AvgIpc) is 3.39. The van der Waals surface area contributed by atoms with Crippen LogP contribution in [0.1, 0.15) is 36.4 Å². The van der Waals surface area contributed by atoms with Crippen molar-refractivity contribution >= 4 is 21.9 Å². The first-order valence-corrected chi connectivity index (χ1v) is 9.18. The first-order valence-electron chi connectivity index (χ1n) is 8.39. The van der Waals surface area contributed by atoms with Crippen molar-refractivity contribution in [2.45, 2.75) is 25.3 Å². The lowest BCUT2D eigenvalue weighted by Gasteiger charge is -2.16. The van der Waals surface area contributed by atoms with Gasteiger partial charge in [-0.05, 0) is 43.0 Å². The van der Waals surface area contributed by atoms with Crippen LogP contribution in [0.2, 0.25) is 0 Å². The molecule has 0 amide bonds. The Morgan fingerprint density at radius 3 is 2.46 bits per heavy atom. The fraction of sp³-hybridized carbons (Fsp3) is 0.350. The van der Waals surface area contributed by atoms with E-state index in [0.29, 0.717) is 18.2 Å². The van der Waals surface area contributed by atoms with Gasteiger partial charge in [-0.15, -0.1) is 0 Å². The van der Waals surface area contributed by atoms with Crippen LogP contribution >= 0.6 is 15.9 Å². The van der Waals surface area contributed by atoms with Crippen LogP contribution in [0.5, 0.6) is 5.75 Å². The Hall–Kier alpha value is -1.89. The van der Waals surface area contributed by atoms with Crippen molar-refractivity contribution in [1.29, 1.82) is 0 Å². The maximum atomic E-state index is 11.0. The van der Waals surface area contributed by atoms with Gasteiger partial charge >= 0.3 is 0 Å². The van der Waals surface area contributed by atoms with E-state index in [9.17, 15) is 15.0 Å². The maximum absolute atomic E-state index is 11.0. The predicted molar refractivity (Wildman–Crippen MR) is 100 cm³/mol. The standard InChI is InChI=1S/C12H13BrO4.C8H11N/c1-17-7-2-3-10(13)8(4-7)9-5-12(9,6-14)11(15)16;1-7(9)8-5-3-2-4-6-8/h2-4,9,14H,5-6H2,1H3,(H,15,16);2-7H,9H2,1H3/t9-,12-;7-/m01/s1. The number of aliphatic carboxylic acids is 1. The van der Waals surface area contributed by atoms with Crippen LogP contribution in [0.25, 0.3) is 0 Å². The molecule has 1 saturated carbocycles. The first-order chi connectivity index (χ1) is 12.4. The van der Waals surface area contributed by atoms with Gasteiger partial charge in [-0.1, -0.05) is 46.3 Å². The lowest BCUT2D eigenvalue weighted by molar-refractivity contribution is -0.420. The molecule has 0 heterocycles. The number of carboxylic acid groups (broad SMARTS) is 1. The van der Waals surface area contributed by atoms with E-state index in [4.69, 9.17) is 4.74 Å². The average molecular weight is 422 g/mol. The Labute approximate surface area is 161 Å². The normalized spacial score (nSPS) is 22.0. The highest BCUT2D eigenvalue weighted by Gasteiger charge is 2.56. The van der Waals surface area contributed by atoms with Crippen molar-refractivity contribution in [1.82, 2.24) is 0 Å². The molecular weight excluding hydrogens is 398 g/mol. The number of aliphatic hydroxyl groups is 1. The van der Waals surface area contributed by atoms with E-state index >= 15 is 0 Å². The molecule has 26 heavy (non-hydrogen) atoms. The summed E-state index contributed by atoms with van der Waals surface area (Å²) < 4.78 is 5.92. The second kappa shape index (κ2) is 8.66. The van der Waals surface area contributed by atoms with Gasteiger partial charge in [-0.2, -0.15) is 0 Å². The summed E-state index contributed by atoms with van der Waals surface area (Å²) in [5, 5.41) is 20.3. The number of methoxy groups -OCH3 is 1. The Kier molecular flexibility index (Phi) is 6.81. The van der Waals surface area contributed by atoms with Crippen molar-refractivity contribution < 1.29 is 25.5 Å². The maximum Gasteiger partial charge on any atom is 0.119 e. The van der Waals surface area contributed by atoms with Gasteiger partial charge in [0, 0.05) is 15.5 Å². The number of ether oxygens (including phenoxy) is 1. The third-order valence-corrected chi connectivity index (χ3v) is 5.43. The second-order valence-corrected chi connectivity index (χ2v) is 7.41. The molecule has 2 aromatic rings. The van der Waals surface area contributed by atoms with Crippen molar-refractivity contribution in [2.75, 3.05) is 13.7 Å². The van der Waals surface area contributed by atoms with E-state index in [2.05, 4.69) is 40.7 Å². The van der Waals surface area contributed by atoms with Gasteiger partial charge in [0.25, 0.3) is 0 Å². The Bertz CT molecular complexity index is 751. The van der Waals surface area contributed by atoms with Gasteiger partial charge in [0.05, 0.1) is 19.7 Å². The number of carboxylic acids is 1. The molecule has 0 bridgehead atoms. The smallest absolute Gasteiger partial charge is 0.119 e. The molecule has 0 saturated heterocycles. The van der Waals surface area contributed by atoms with Crippen molar-refractivity contribution in [3.63, 3.8) is 0 Å². The van der Waals surface area contributed by atoms with Gasteiger partial charge in [-0.25, -0.2) is 0 Å². The SMILES string of the molecule is COc1ccc(Br)c([C@@H]2C[C@@]2(CO)C(=O)[O-])c1.C[C@@H]([NH3+])c1ccccc1. The van der Waals surface area contributed by atoms with Crippen molar-refractivity contribution in [3.05, 3.63) is 64.1 Å². The quantitative estimate of drug-likeness (QED) is 0.766. The lowest BCUT2D eigenvalue weighted by Crippen LogP contribution is -2.51. The summed E-state index contributed by atoms with van der Waals surface area (Å²) in [7, 11) is 1.55. The molecule has 4 N–H and O–H groups in total. The number of quaternary nitrogens is 1. The zero-order valence-corrected chi connectivity index (χ0v) is 16.5.